The molecule has 2 heterocycles. The predicted octanol–water partition coefficient (Wildman–Crippen LogP) is 6.11. The molecule has 2 aromatic heterocycles. The van der Waals surface area contributed by atoms with Gasteiger partial charge in [-0.3, -0.25) is 0 Å². The molecule has 0 aliphatic heterocycles. The van der Waals surface area contributed by atoms with Crippen molar-refractivity contribution in [3.05, 3.63) is 70.9 Å². The largest absolute Gasteiger partial charge is 0.144 e. The molecule has 94 valence electrons. The van der Waals surface area contributed by atoms with Crippen LogP contribution in [0.5, 0.6) is 0 Å². The number of benzene rings is 2. The molecule has 0 radical (unpaired) electrons. The van der Waals surface area contributed by atoms with Crippen LogP contribution in [0.2, 0.25) is 0 Å². The Morgan fingerprint density at radius 1 is 0.737 bits per heavy atom. The smallest absolute Gasteiger partial charge is 0.0345 e. The van der Waals surface area contributed by atoms with E-state index in [9.17, 15) is 0 Å². The molecule has 4 rings (SSSR count). The third kappa shape index (κ3) is 2.86. The first-order chi connectivity index (χ1) is 9.33. The first-order valence-corrected chi connectivity index (χ1v) is 7.90. The van der Waals surface area contributed by atoms with Crippen molar-refractivity contribution in [3.8, 4) is 0 Å². The second-order valence-corrected chi connectivity index (χ2v) is 6.59. The van der Waals surface area contributed by atoms with E-state index in [1.165, 1.54) is 25.0 Å². The molecule has 0 saturated carbocycles. The summed E-state index contributed by atoms with van der Waals surface area (Å²) in [6, 6.07) is 21.2. The van der Waals surface area contributed by atoms with E-state index < -0.39 is 0 Å². The molecule has 4 aromatic rings. The van der Waals surface area contributed by atoms with E-state index in [0.29, 0.717) is 0 Å². The summed E-state index contributed by atoms with van der Waals surface area (Å²) in [6.07, 6.45) is 0. The van der Waals surface area contributed by atoms with Gasteiger partial charge in [0.1, 0.15) is 0 Å². The normalized spacial score (nSPS) is 10.4. The van der Waals surface area contributed by atoms with E-state index in [2.05, 4.69) is 73.0 Å². The highest BCUT2D eigenvalue weighted by molar-refractivity contribution is 7.19. The molecule has 0 N–H and O–H groups in total. The van der Waals surface area contributed by atoms with Crippen LogP contribution in [0.1, 0.15) is 4.88 Å². The van der Waals surface area contributed by atoms with E-state index in [1.807, 2.05) is 11.3 Å². The standard InChI is InChI=1S/C9H8S.C8H6S/c1-7-6-8-4-2-3-5-9(8)10-7;1-2-4-8-7(3-1)5-6-9-8/h2-6H,1H3;1-6H. The molecule has 0 saturated heterocycles. The van der Waals surface area contributed by atoms with Crippen LogP contribution in [0.4, 0.5) is 0 Å². The van der Waals surface area contributed by atoms with E-state index in [-0.39, 0.29) is 0 Å². The second kappa shape index (κ2) is 5.55. The first-order valence-electron chi connectivity index (χ1n) is 6.20. The zero-order valence-corrected chi connectivity index (χ0v) is 12.3. The Bertz CT molecular complexity index is 730. The number of rotatable bonds is 0. The average molecular weight is 282 g/mol. The summed E-state index contributed by atoms with van der Waals surface area (Å²) >= 11 is 3.64. The van der Waals surface area contributed by atoms with Crippen LogP contribution in [0.15, 0.2) is 66.0 Å². The molecule has 0 nitrogen and oxygen atoms in total. The van der Waals surface area contributed by atoms with E-state index in [0.717, 1.165) is 0 Å². The number of aryl methyl sites for hydroxylation is 1. The van der Waals surface area contributed by atoms with Crippen molar-refractivity contribution in [3.63, 3.8) is 0 Å². The van der Waals surface area contributed by atoms with Crippen molar-refractivity contribution in [1.82, 2.24) is 0 Å². The molecule has 0 aliphatic carbocycles. The number of hydrogen-bond acceptors (Lipinski definition) is 2. The van der Waals surface area contributed by atoms with Crippen LogP contribution in [-0.2, 0) is 0 Å². The fourth-order valence-corrected chi connectivity index (χ4v) is 3.74. The van der Waals surface area contributed by atoms with Crippen LogP contribution >= 0.6 is 22.7 Å². The Hall–Kier alpha value is -1.64. The highest BCUT2D eigenvalue weighted by atomic mass is 32.1. The third-order valence-electron chi connectivity index (χ3n) is 2.91. The van der Waals surface area contributed by atoms with Gasteiger partial charge in [-0.05, 0) is 47.3 Å². The molecule has 0 aliphatic rings. The molecule has 0 bridgehead atoms. The Balaban J connectivity index is 0.000000117. The average Bonchev–Trinajstić information content (AvgIpc) is 3.03. The minimum Gasteiger partial charge on any atom is -0.144 e. The third-order valence-corrected chi connectivity index (χ3v) is 4.84. The topological polar surface area (TPSA) is 0 Å². The zero-order valence-electron chi connectivity index (χ0n) is 10.7. The number of fused-ring (bicyclic) bond motifs is 2. The van der Waals surface area contributed by atoms with Gasteiger partial charge >= 0.3 is 0 Å². The van der Waals surface area contributed by atoms with Gasteiger partial charge in [-0.15, -0.1) is 22.7 Å². The Kier molecular flexibility index (Phi) is 3.62. The second-order valence-electron chi connectivity index (χ2n) is 4.35. The van der Waals surface area contributed by atoms with Crippen molar-refractivity contribution in [1.29, 1.82) is 0 Å². The van der Waals surface area contributed by atoms with Crippen LogP contribution in [0, 0.1) is 6.92 Å². The van der Waals surface area contributed by atoms with Crippen molar-refractivity contribution in [2.24, 2.45) is 0 Å². The lowest BCUT2D eigenvalue weighted by Crippen LogP contribution is -1.56. The van der Waals surface area contributed by atoms with Crippen molar-refractivity contribution in [2.75, 3.05) is 0 Å². The molecular formula is C17H14S2. The lowest BCUT2D eigenvalue weighted by atomic mass is 10.2. The maximum Gasteiger partial charge on any atom is 0.0345 e. The van der Waals surface area contributed by atoms with Crippen molar-refractivity contribution < 1.29 is 0 Å². The van der Waals surface area contributed by atoms with E-state index in [1.54, 1.807) is 11.3 Å². The summed E-state index contributed by atoms with van der Waals surface area (Å²) in [5.74, 6) is 0. The highest BCUT2D eigenvalue weighted by Gasteiger charge is 1.93. The summed E-state index contributed by atoms with van der Waals surface area (Å²) in [7, 11) is 0. The Labute approximate surface area is 121 Å². The Morgan fingerprint density at radius 2 is 1.42 bits per heavy atom. The number of thiophene rings is 2. The molecule has 0 amide bonds. The predicted molar refractivity (Wildman–Crippen MR) is 88.4 cm³/mol. The lowest BCUT2D eigenvalue weighted by molar-refractivity contribution is 1.65. The summed E-state index contributed by atoms with van der Waals surface area (Å²) < 4.78 is 2.76. The van der Waals surface area contributed by atoms with Gasteiger partial charge in [0.05, 0.1) is 0 Å². The highest BCUT2D eigenvalue weighted by Crippen LogP contribution is 2.23. The van der Waals surface area contributed by atoms with Gasteiger partial charge in [0.15, 0.2) is 0 Å². The van der Waals surface area contributed by atoms with Crippen LogP contribution in [0.25, 0.3) is 20.2 Å². The summed E-state index contributed by atoms with van der Waals surface area (Å²) in [5, 5.41) is 4.83. The minimum atomic E-state index is 1.35. The fourth-order valence-electron chi connectivity index (χ4n) is 2.02. The van der Waals surface area contributed by atoms with Gasteiger partial charge in [0.25, 0.3) is 0 Å². The summed E-state index contributed by atoms with van der Waals surface area (Å²) in [4.78, 5) is 1.39. The van der Waals surface area contributed by atoms with Gasteiger partial charge in [-0.1, -0.05) is 36.4 Å². The molecule has 0 spiro atoms. The van der Waals surface area contributed by atoms with Crippen molar-refractivity contribution >= 4 is 42.8 Å². The van der Waals surface area contributed by atoms with Crippen LogP contribution in [-0.4, -0.2) is 0 Å². The molecule has 19 heavy (non-hydrogen) atoms. The summed E-state index contributed by atoms with van der Waals surface area (Å²) in [6.45, 7) is 2.14. The van der Waals surface area contributed by atoms with Gasteiger partial charge in [-0.25, -0.2) is 0 Å². The van der Waals surface area contributed by atoms with Gasteiger partial charge < -0.3 is 0 Å². The molecule has 0 atom stereocenters. The van der Waals surface area contributed by atoms with E-state index >= 15 is 0 Å². The van der Waals surface area contributed by atoms with Crippen LogP contribution < -0.4 is 0 Å². The lowest BCUT2D eigenvalue weighted by Gasteiger charge is -1.82. The Morgan fingerprint density at radius 3 is 2.16 bits per heavy atom. The van der Waals surface area contributed by atoms with Gasteiger partial charge in [-0.2, -0.15) is 0 Å². The monoisotopic (exact) mass is 282 g/mol. The van der Waals surface area contributed by atoms with Crippen LogP contribution in [0.3, 0.4) is 0 Å². The molecule has 0 fully saturated rings. The number of hydrogen-bond donors (Lipinski definition) is 0. The summed E-state index contributed by atoms with van der Waals surface area (Å²) in [5.41, 5.74) is 0. The zero-order chi connectivity index (χ0) is 13.1. The first kappa shape index (κ1) is 12.4. The maximum atomic E-state index is 2.22. The maximum absolute atomic E-state index is 2.22. The van der Waals surface area contributed by atoms with Crippen molar-refractivity contribution in [2.45, 2.75) is 6.92 Å². The quantitative estimate of drug-likeness (QED) is 0.365. The molecule has 2 heteroatoms. The molecule has 0 unspecified atom stereocenters. The van der Waals surface area contributed by atoms with Gasteiger partial charge in [0.2, 0.25) is 0 Å². The molecule has 2 aromatic carbocycles. The molecular weight excluding hydrogens is 268 g/mol. The van der Waals surface area contributed by atoms with Gasteiger partial charge in [0, 0.05) is 14.3 Å². The SMILES string of the molecule is Cc1cc2ccccc2s1.c1ccc2sccc2c1. The van der Waals surface area contributed by atoms with E-state index in [4.69, 9.17) is 0 Å². The fraction of sp³-hybridized carbons (Fsp3) is 0.0588. The minimum absolute atomic E-state index is 1.35.